The van der Waals surface area contributed by atoms with Crippen molar-refractivity contribution in [3.63, 3.8) is 0 Å². The molecule has 4 unspecified atom stereocenters. The Morgan fingerprint density at radius 3 is 1.21 bits per heavy atom. The number of phenolic OH excluding ortho intramolecular Hbond substituents is 1. The summed E-state index contributed by atoms with van der Waals surface area (Å²) >= 11 is 0. The van der Waals surface area contributed by atoms with Crippen LogP contribution in [0.2, 0.25) is 0 Å². The Morgan fingerprint density at radius 2 is 0.786 bits per heavy atom. The zero-order valence-corrected chi connectivity index (χ0v) is 72.3. The van der Waals surface area contributed by atoms with E-state index in [1.54, 1.807) is 18.6 Å². The number of carbonyl (C=O) groups excluding carboxylic acids is 3. The third-order valence-electron chi connectivity index (χ3n) is 25.9. The van der Waals surface area contributed by atoms with Gasteiger partial charge in [0, 0.05) is 41.5 Å². The van der Waals surface area contributed by atoms with E-state index in [4.69, 9.17) is 31.4 Å². The van der Waals surface area contributed by atoms with E-state index < -0.39 is 16.8 Å². The van der Waals surface area contributed by atoms with Crippen LogP contribution < -0.4 is 22.5 Å². The smallest absolute Gasteiger partial charge is 0.411 e. The van der Waals surface area contributed by atoms with Crippen LogP contribution in [0.15, 0.2) is 104 Å². The molecular formula is C94H124N16O7. The molecule has 3 amide bonds. The van der Waals surface area contributed by atoms with Crippen molar-refractivity contribution < 1.29 is 33.7 Å². The summed E-state index contributed by atoms with van der Waals surface area (Å²) in [6.45, 7) is 36.8. The van der Waals surface area contributed by atoms with Gasteiger partial charge in [-0.1, -0.05) is 94.7 Å². The zero-order chi connectivity index (χ0) is 83.8. The zero-order valence-electron chi connectivity index (χ0n) is 72.3. The van der Waals surface area contributed by atoms with Crippen molar-refractivity contribution in [3.05, 3.63) is 177 Å². The number of nitrogens with two attached hydrogens (primary N) is 3. The van der Waals surface area contributed by atoms with Gasteiger partial charge < -0.3 is 56.0 Å². The molecule has 4 spiro atoms. The van der Waals surface area contributed by atoms with E-state index in [2.05, 4.69) is 152 Å². The minimum absolute atomic E-state index is 0.0338. The number of ether oxygens (including phenoxy) is 3. The quantitative estimate of drug-likeness (QED) is 0.0876. The number of benzene rings is 4. The van der Waals surface area contributed by atoms with Crippen LogP contribution in [0.5, 0.6) is 5.75 Å². The van der Waals surface area contributed by atoms with E-state index >= 15 is 0 Å². The number of nitrogen functional groups attached to an aromatic ring is 3. The predicted molar refractivity (Wildman–Crippen MR) is 463 cm³/mol. The van der Waals surface area contributed by atoms with Crippen LogP contribution in [0.3, 0.4) is 0 Å². The molecule has 9 N–H and O–H groups in total. The average molecular weight is 1590 g/mol. The van der Waals surface area contributed by atoms with Crippen molar-refractivity contribution in [3.8, 4) is 17.1 Å². The minimum atomic E-state index is -0.536. The van der Waals surface area contributed by atoms with Gasteiger partial charge in [0.15, 0.2) is 0 Å². The molecule has 8 aliphatic rings. The van der Waals surface area contributed by atoms with Crippen LogP contribution >= 0.6 is 0 Å². The Balaban J connectivity index is 0.000000124. The van der Waals surface area contributed by atoms with Crippen molar-refractivity contribution in [2.75, 3.05) is 17.2 Å². The third kappa shape index (κ3) is 15.6. The lowest BCUT2D eigenvalue weighted by Gasteiger charge is -2.44. The van der Waals surface area contributed by atoms with Crippen molar-refractivity contribution >= 4 is 68.8 Å². The van der Waals surface area contributed by atoms with Crippen LogP contribution in [-0.4, -0.2) is 98.9 Å². The highest BCUT2D eigenvalue weighted by Crippen LogP contribution is 2.59. The van der Waals surface area contributed by atoms with Crippen LogP contribution in [0, 0.1) is 34.6 Å². The number of rotatable bonds is 2. The molecule has 4 aliphatic carbocycles. The van der Waals surface area contributed by atoms with Gasteiger partial charge in [-0.2, -0.15) is 0 Å². The molecule has 4 fully saturated rings. The molecule has 0 bridgehead atoms. The highest BCUT2D eigenvalue weighted by Gasteiger charge is 2.57. The Hall–Kier alpha value is -10.3. The van der Waals surface area contributed by atoms with Gasteiger partial charge in [0.2, 0.25) is 0 Å². The number of hydrogen-bond donors (Lipinski definition) is 6. The van der Waals surface area contributed by atoms with Crippen LogP contribution in [-0.2, 0) is 36.4 Å². The number of carbonyl (C=O) groups is 3. The third-order valence-corrected chi connectivity index (χ3v) is 25.9. The topological polar surface area (TPSA) is 302 Å². The first-order valence-corrected chi connectivity index (χ1v) is 42.7. The van der Waals surface area contributed by atoms with E-state index in [-0.39, 0.29) is 64.3 Å². The maximum absolute atomic E-state index is 13.5. The Labute approximate surface area is 690 Å². The lowest BCUT2D eigenvalue weighted by molar-refractivity contribution is -0.0213. The highest BCUT2D eigenvalue weighted by molar-refractivity contribution is 5.89. The van der Waals surface area contributed by atoms with Gasteiger partial charge in [0.1, 0.15) is 75.9 Å². The summed E-state index contributed by atoms with van der Waals surface area (Å²) in [5, 5.41) is 16.7. The minimum Gasteiger partial charge on any atom is -0.508 e. The largest absolute Gasteiger partial charge is 0.508 e. The summed E-state index contributed by atoms with van der Waals surface area (Å²) < 4.78 is 21.7. The molecule has 0 saturated heterocycles. The number of aromatic nitrogens is 9. The van der Waals surface area contributed by atoms with E-state index in [1.165, 1.54) is 138 Å². The summed E-state index contributed by atoms with van der Waals surface area (Å²) in [6.07, 6.45) is 32.4. The summed E-state index contributed by atoms with van der Waals surface area (Å²) in [5.74, 6) is 1.82. The molecule has 0 radical (unpaired) electrons. The normalized spacial score (nSPS) is 20.5. The Morgan fingerprint density at radius 1 is 0.427 bits per heavy atom. The fraction of sp³-hybridized carbons (Fsp3) is 0.521. The molecule has 4 saturated carbocycles. The molecule has 4 aromatic carbocycles. The highest BCUT2D eigenvalue weighted by atomic mass is 16.6. The lowest BCUT2D eigenvalue weighted by Crippen LogP contribution is -2.49. The number of nitrogens with one attached hydrogen (secondary N) is 2. The van der Waals surface area contributed by atoms with Crippen molar-refractivity contribution in [1.82, 2.24) is 64.0 Å². The van der Waals surface area contributed by atoms with Crippen molar-refractivity contribution in [1.29, 1.82) is 0 Å². The first kappa shape index (κ1) is 83.2. The van der Waals surface area contributed by atoms with Crippen LogP contribution in [0.4, 0.5) is 31.8 Å². The maximum Gasteiger partial charge on any atom is 0.411 e. The van der Waals surface area contributed by atoms with Crippen LogP contribution in [0.1, 0.15) is 315 Å². The maximum atomic E-state index is 13.5. The summed E-state index contributed by atoms with van der Waals surface area (Å²) in [7, 11) is 0. The molecule has 4 aliphatic heterocycles. The molecular weight excluding hydrogens is 1470 g/mol. The standard InChI is InChI=1S/C26H33N5O2.C21H25N5.C21H31NO2.C20H29NO3.C6H6N4/c1-16-13-18(30-12-9-19-22(27)28-15-29-23(19)30)14-20-21(16)17(2)31(24(32)33-25(3,4)5)26(20)10-7-6-8-11-26;1-13-10-15(26-9-6-16-19(22)23-12-24-20(16)26)11-17-18(13)14(2)25-21(17)7-4-3-5-8-21;1-14-12-15(2)18-16(3)22(19(23)24-20(4,5)6)21(17(18)13-14)10-8-7-9-11-21;1-13-11-15(22)12-16-17(13)14(2)21(18(23)24-19(3,4)5)20(16)9-7-6-8-10-20;7-5-4-1-2-8-6(4)10-3-9-5/h9,12-15,17H,6-8,10-11H2,1-5H3,(H2,27,28,29);6,9-12,14,25H,3-5,7-8H2,1-2H3,(H2,22,23,24);12-13,16H,7-11H2,1-6H3;11-12,14,22H,6-10H2,1-5H3;1-3H,(H3,7,8,9,10). The number of H-pyrrole nitrogens is 1. The second kappa shape index (κ2) is 31.9. The Kier molecular flexibility index (Phi) is 22.7. The van der Waals surface area contributed by atoms with E-state index in [0.717, 1.165) is 120 Å². The molecule has 23 heteroatoms. The fourth-order valence-corrected chi connectivity index (χ4v) is 21.5. The number of anilines is 3. The molecule has 6 aromatic heterocycles. The molecule has 4 atom stereocenters. The van der Waals surface area contributed by atoms with Crippen molar-refractivity contribution in [2.45, 2.75) is 316 Å². The van der Waals surface area contributed by atoms with Gasteiger partial charge >= 0.3 is 18.3 Å². The molecule has 117 heavy (non-hydrogen) atoms. The summed E-state index contributed by atoms with van der Waals surface area (Å²) in [5.41, 5.74) is 36.7. The van der Waals surface area contributed by atoms with Crippen molar-refractivity contribution in [2.24, 2.45) is 0 Å². The number of phenols is 1. The van der Waals surface area contributed by atoms with E-state index in [9.17, 15) is 19.5 Å². The summed E-state index contributed by atoms with van der Waals surface area (Å²) in [6, 6.07) is 23.5. The second-order valence-corrected chi connectivity index (χ2v) is 37.4. The van der Waals surface area contributed by atoms with Gasteiger partial charge in [-0.05, 0) is 297 Å². The second-order valence-electron chi connectivity index (χ2n) is 37.4. The van der Waals surface area contributed by atoms with Gasteiger partial charge in [0.25, 0.3) is 0 Å². The number of amides is 3. The number of nitrogens with zero attached hydrogens (tertiary/aromatic N) is 11. The molecule has 18 rings (SSSR count). The number of hydrogen-bond acceptors (Lipinski definition) is 17. The monoisotopic (exact) mass is 1590 g/mol. The predicted octanol–water partition coefficient (Wildman–Crippen LogP) is 21.4. The lowest BCUT2D eigenvalue weighted by atomic mass is 9.76. The summed E-state index contributed by atoms with van der Waals surface area (Å²) in [4.78, 5) is 73.6. The first-order chi connectivity index (χ1) is 55.4. The number of aromatic amines is 1. The van der Waals surface area contributed by atoms with E-state index in [0.29, 0.717) is 23.5 Å². The number of fused-ring (bicyclic) bond motifs is 11. The Bertz CT molecular complexity index is 5260. The van der Waals surface area contributed by atoms with Gasteiger partial charge in [-0.25, -0.2) is 44.3 Å². The van der Waals surface area contributed by atoms with Crippen LogP contribution in [0.25, 0.3) is 44.5 Å². The van der Waals surface area contributed by atoms with Gasteiger partial charge in [0.05, 0.1) is 50.9 Å². The number of aromatic hydroxyl groups is 1. The number of aryl methyl sites for hydroxylation is 5. The fourth-order valence-electron chi connectivity index (χ4n) is 21.5. The molecule has 622 valence electrons. The first-order valence-electron chi connectivity index (χ1n) is 42.7. The molecule has 10 heterocycles. The van der Waals surface area contributed by atoms with Gasteiger partial charge in [-0.15, -0.1) is 0 Å². The molecule has 23 nitrogen and oxygen atoms in total. The average Bonchev–Trinajstić information content (AvgIpc) is 1.57. The molecule has 10 aromatic rings. The van der Waals surface area contributed by atoms with Gasteiger partial charge in [-0.3, -0.25) is 14.7 Å². The van der Waals surface area contributed by atoms with E-state index in [1.807, 2.05) is 109 Å². The SMILES string of the molecule is Cc1cc(-n2ccc3c(N)ncnc32)cc2c1C(C)N(C(=O)OC(C)(C)C)C21CCCCC1.Cc1cc(-n2ccc3c(N)ncnc32)cc2c1C(C)NC21CCCCC1.Cc1cc(C)c2c(c1)C1(CCCCC1)N(C(=O)OC(C)(C)C)C2C.Cc1cc(O)cc2c1C(C)N(C(=O)OC(C)(C)C)C21CCCCC1.Nc1ncnc2[nH]ccc12.